The van der Waals surface area contributed by atoms with E-state index in [4.69, 9.17) is 22.1 Å². The van der Waals surface area contributed by atoms with Gasteiger partial charge in [0.15, 0.2) is 0 Å². The lowest BCUT2D eigenvalue weighted by molar-refractivity contribution is 0.0815. The molecule has 1 atom stereocenters. The number of hydrogen-bond acceptors (Lipinski definition) is 3. The Balaban J connectivity index is 3.09. The number of benzene rings is 1. The number of aryl methyl sites for hydroxylation is 1. The average Bonchev–Trinajstić information content (AvgIpc) is 2.47. The number of nitrogens with two attached hydrogens (primary N) is 1. The molecule has 3 nitrogen and oxygen atoms in total. The Morgan fingerprint density at radius 2 is 1.95 bits per heavy atom. The van der Waals surface area contributed by atoms with Crippen LogP contribution in [0.2, 0.25) is 5.02 Å². The van der Waals surface area contributed by atoms with E-state index in [0.717, 1.165) is 31.0 Å². The Morgan fingerprint density at radius 1 is 1.29 bits per heavy atom. The third-order valence-corrected chi connectivity index (χ3v) is 4.41. The molecule has 0 aromatic heterocycles. The van der Waals surface area contributed by atoms with Gasteiger partial charge in [0.25, 0.3) is 0 Å². The molecule has 0 spiro atoms. The van der Waals surface area contributed by atoms with Crippen LogP contribution in [0.5, 0.6) is 0 Å². The van der Waals surface area contributed by atoms with Gasteiger partial charge in [-0.1, -0.05) is 31.5 Å². The summed E-state index contributed by atoms with van der Waals surface area (Å²) in [6, 6.07) is 6.80. The maximum absolute atomic E-state index is 6.12. The van der Waals surface area contributed by atoms with Gasteiger partial charge < -0.3 is 10.5 Å². The predicted molar refractivity (Wildman–Crippen MR) is 90.9 cm³/mol. The fraction of sp³-hybridized carbons (Fsp3) is 0.647. The standard InChI is InChI=1S/C17H29ClN2O/c1-5-15(6-2)20(9-10-21-4)17(12-19)16-8-7-14(18)11-13(16)3/h7-8,11,15,17H,5-6,9-10,12,19H2,1-4H3. The molecule has 2 N–H and O–H groups in total. The SMILES string of the molecule is CCC(CC)N(CCOC)C(CN)c1ccc(Cl)cc1C. The average molecular weight is 313 g/mol. The van der Waals surface area contributed by atoms with Crippen molar-refractivity contribution in [1.29, 1.82) is 0 Å². The summed E-state index contributed by atoms with van der Waals surface area (Å²) in [5, 5.41) is 0.776. The second-order valence-electron chi connectivity index (χ2n) is 5.45. The molecule has 21 heavy (non-hydrogen) atoms. The molecule has 0 amide bonds. The van der Waals surface area contributed by atoms with Gasteiger partial charge in [0.1, 0.15) is 0 Å². The van der Waals surface area contributed by atoms with Crippen molar-refractivity contribution in [2.24, 2.45) is 5.73 Å². The molecule has 0 aliphatic heterocycles. The number of hydrogen-bond donors (Lipinski definition) is 1. The first-order valence-corrected chi connectivity index (χ1v) is 8.17. The Bertz CT molecular complexity index is 421. The van der Waals surface area contributed by atoms with Crippen LogP contribution in [0, 0.1) is 6.92 Å². The fourth-order valence-electron chi connectivity index (χ4n) is 3.00. The third-order valence-electron chi connectivity index (χ3n) is 4.18. The van der Waals surface area contributed by atoms with Crippen molar-refractivity contribution < 1.29 is 4.74 Å². The van der Waals surface area contributed by atoms with Crippen LogP contribution in [-0.2, 0) is 4.74 Å². The van der Waals surface area contributed by atoms with Crippen LogP contribution in [0.25, 0.3) is 0 Å². The van der Waals surface area contributed by atoms with Gasteiger partial charge in [-0.15, -0.1) is 0 Å². The fourth-order valence-corrected chi connectivity index (χ4v) is 3.23. The summed E-state index contributed by atoms with van der Waals surface area (Å²) >= 11 is 6.08. The van der Waals surface area contributed by atoms with E-state index in [2.05, 4.69) is 31.7 Å². The highest BCUT2D eigenvalue weighted by molar-refractivity contribution is 6.30. The molecule has 1 rings (SSSR count). The maximum atomic E-state index is 6.12. The number of nitrogens with zero attached hydrogens (tertiary/aromatic N) is 1. The van der Waals surface area contributed by atoms with Crippen molar-refractivity contribution >= 4 is 11.6 Å². The van der Waals surface area contributed by atoms with Gasteiger partial charge in [0, 0.05) is 37.3 Å². The zero-order valence-electron chi connectivity index (χ0n) is 13.7. The first-order chi connectivity index (χ1) is 10.1. The Labute approximate surface area is 134 Å². The minimum atomic E-state index is 0.210. The minimum absolute atomic E-state index is 0.210. The zero-order chi connectivity index (χ0) is 15.8. The molecular weight excluding hydrogens is 284 g/mol. The van der Waals surface area contributed by atoms with E-state index in [1.165, 1.54) is 11.1 Å². The van der Waals surface area contributed by atoms with Crippen molar-refractivity contribution in [2.75, 3.05) is 26.8 Å². The van der Waals surface area contributed by atoms with E-state index in [1.54, 1.807) is 7.11 Å². The first kappa shape index (κ1) is 18.4. The molecule has 1 aromatic rings. The van der Waals surface area contributed by atoms with Crippen LogP contribution in [0.15, 0.2) is 18.2 Å². The van der Waals surface area contributed by atoms with Gasteiger partial charge in [-0.3, -0.25) is 4.90 Å². The van der Waals surface area contributed by atoms with E-state index in [-0.39, 0.29) is 6.04 Å². The normalized spacial score (nSPS) is 13.1. The lowest BCUT2D eigenvalue weighted by Gasteiger charge is -2.38. The highest BCUT2D eigenvalue weighted by Gasteiger charge is 2.25. The second-order valence-corrected chi connectivity index (χ2v) is 5.89. The lowest BCUT2D eigenvalue weighted by atomic mass is 9.97. The highest BCUT2D eigenvalue weighted by Crippen LogP contribution is 2.28. The highest BCUT2D eigenvalue weighted by atomic mass is 35.5. The molecule has 0 saturated carbocycles. The molecule has 1 aromatic carbocycles. The molecular formula is C17H29ClN2O. The molecule has 1 unspecified atom stereocenters. The number of ether oxygens (including phenoxy) is 1. The van der Waals surface area contributed by atoms with Crippen molar-refractivity contribution in [2.45, 2.75) is 45.7 Å². The van der Waals surface area contributed by atoms with Gasteiger partial charge in [-0.2, -0.15) is 0 Å². The third kappa shape index (κ3) is 4.96. The maximum Gasteiger partial charge on any atom is 0.0590 e. The van der Waals surface area contributed by atoms with Gasteiger partial charge in [0.2, 0.25) is 0 Å². The molecule has 0 aliphatic rings. The van der Waals surface area contributed by atoms with Crippen LogP contribution in [0.4, 0.5) is 0 Å². The minimum Gasteiger partial charge on any atom is -0.383 e. The summed E-state index contributed by atoms with van der Waals surface area (Å²) < 4.78 is 5.29. The molecule has 4 heteroatoms. The Hall–Kier alpha value is -0.610. The summed E-state index contributed by atoms with van der Waals surface area (Å²) in [7, 11) is 1.75. The zero-order valence-corrected chi connectivity index (χ0v) is 14.5. The summed E-state index contributed by atoms with van der Waals surface area (Å²) in [5.41, 5.74) is 8.58. The number of halogens is 1. The van der Waals surface area contributed by atoms with E-state index in [1.807, 2.05) is 12.1 Å². The monoisotopic (exact) mass is 312 g/mol. The van der Waals surface area contributed by atoms with Gasteiger partial charge >= 0.3 is 0 Å². The van der Waals surface area contributed by atoms with E-state index in [0.29, 0.717) is 12.6 Å². The quantitative estimate of drug-likeness (QED) is 0.754. The van der Waals surface area contributed by atoms with E-state index < -0.39 is 0 Å². The Morgan fingerprint density at radius 3 is 2.43 bits per heavy atom. The van der Waals surface area contributed by atoms with Gasteiger partial charge in [-0.25, -0.2) is 0 Å². The number of methoxy groups -OCH3 is 1. The predicted octanol–water partition coefficient (Wildman–Crippen LogP) is 3.79. The van der Waals surface area contributed by atoms with E-state index >= 15 is 0 Å². The summed E-state index contributed by atoms with van der Waals surface area (Å²) in [6.07, 6.45) is 2.23. The van der Waals surface area contributed by atoms with Crippen LogP contribution >= 0.6 is 11.6 Å². The summed E-state index contributed by atoms with van der Waals surface area (Å²) in [4.78, 5) is 2.49. The van der Waals surface area contributed by atoms with Gasteiger partial charge in [-0.05, 0) is 43.0 Å². The van der Waals surface area contributed by atoms with Crippen LogP contribution in [0.1, 0.15) is 43.9 Å². The Kier molecular flexibility index (Phi) is 8.27. The summed E-state index contributed by atoms with van der Waals surface area (Å²) in [5.74, 6) is 0. The van der Waals surface area contributed by atoms with Gasteiger partial charge in [0.05, 0.1) is 6.61 Å². The second kappa shape index (κ2) is 9.42. The first-order valence-electron chi connectivity index (χ1n) is 7.79. The molecule has 0 heterocycles. The lowest BCUT2D eigenvalue weighted by Crippen LogP contribution is -2.43. The van der Waals surface area contributed by atoms with Crippen molar-refractivity contribution in [1.82, 2.24) is 4.90 Å². The molecule has 0 saturated heterocycles. The van der Waals surface area contributed by atoms with E-state index in [9.17, 15) is 0 Å². The number of rotatable bonds is 9. The van der Waals surface area contributed by atoms with Crippen molar-refractivity contribution in [3.8, 4) is 0 Å². The molecule has 0 fully saturated rings. The smallest absolute Gasteiger partial charge is 0.0590 e. The van der Waals surface area contributed by atoms with Crippen molar-refractivity contribution in [3.05, 3.63) is 34.3 Å². The molecule has 0 bridgehead atoms. The topological polar surface area (TPSA) is 38.5 Å². The molecule has 0 radical (unpaired) electrons. The van der Waals surface area contributed by atoms with Crippen molar-refractivity contribution in [3.63, 3.8) is 0 Å². The molecule has 120 valence electrons. The molecule has 0 aliphatic carbocycles. The van der Waals surface area contributed by atoms with Crippen LogP contribution in [0.3, 0.4) is 0 Å². The van der Waals surface area contributed by atoms with Crippen LogP contribution in [-0.4, -0.2) is 37.7 Å². The van der Waals surface area contributed by atoms with Crippen LogP contribution < -0.4 is 5.73 Å². The largest absolute Gasteiger partial charge is 0.383 e. The summed E-state index contributed by atoms with van der Waals surface area (Å²) in [6.45, 7) is 8.78.